The number of aliphatic carboxylic acids is 1. The number of carbonyl (C=O) groups is 4. The summed E-state index contributed by atoms with van der Waals surface area (Å²) in [5.41, 5.74) is 5.31. The molecule has 0 bridgehead atoms. The Morgan fingerprint density at radius 2 is 1.18 bits per heavy atom. The van der Waals surface area contributed by atoms with E-state index in [0.717, 1.165) is 89.9 Å². The number of rotatable bonds is 36. The first-order valence-electron chi connectivity index (χ1n) is 19.9. The zero-order chi connectivity index (χ0) is 40.8. The van der Waals surface area contributed by atoms with E-state index in [9.17, 15) is 28.6 Å². The maximum absolute atomic E-state index is 12.6. The fourth-order valence-electron chi connectivity index (χ4n) is 4.74. The molecule has 3 atom stereocenters. The fraction of sp³-hybridized carbons (Fsp3) is 0.619. The molecule has 0 aromatic heterocycles. The van der Waals surface area contributed by atoms with Crippen LogP contribution in [0.5, 0.6) is 0 Å². The van der Waals surface area contributed by atoms with Crippen LogP contribution in [-0.2, 0) is 42.3 Å². The molecule has 0 aliphatic carbocycles. The van der Waals surface area contributed by atoms with E-state index in [1.54, 1.807) is 12.2 Å². The second-order valence-corrected chi connectivity index (χ2v) is 14.5. The van der Waals surface area contributed by atoms with Gasteiger partial charge in [-0.2, -0.15) is 0 Å². The van der Waals surface area contributed by atoms with E-state index in [0.29, 0.717) is 19.3 Å². The highest BCUT2D eigenvalue weighted by atomic mass is 31.2. The van der Waals surface area contributed by atoms with Gasteiger partial charge in [-0.05, 0) is 76.7 Å². The molecule has 0 amide bonds. The van der Waals surface area contributed by atoms with Crippen LogP contribution in [0.25, 0.3) is 0 Å². The number of allylic oxidation sites excluding steroid dienone is 12. The highest BCUT2D eigenvalue weighted by Gasteiger charge is 2.28. The third kappa shape index (κ3) is 36.0. The largest absolute Gasteiger partial charge is 0.480 e. The predicted octanol–water partition coefficient (Wildman–Crippen LogP) is 9.34. The van der Waals surface area contributed by atoms with E-state index in [1.807, 2.05) is 12.2 Å². The Bertz CT molecular complexity index is 1270. The summed E-state index contributed by atoms with van der Waals surface area (Å²) in [5, 5.41) is 8.87. The Labute approximate surface area is 329 Å². The van der Waals surface area contributed by atoms with Gasteiger partial charge < -0.3 is 25.2 Å². The summed E-state index contributed by atoms with van der Waals surface area (Å²) in [4.78, 5) is 57.6. The number of carboxylic acid groups (broad SMARTS) is 1. The van der Waals surface area contributed by atoms with Crippen molar-refractivity contribution in [2.75, 3.05) is 19.8 Å². The number of esters is 2. The zero-order valence-electron chi connectivity index (χ0n) is 33.2. The predicted molar refractivity (Wildman–Crippen MR) is 217 cm³/mol. The van der Waals surface area contributed by atoms with Gasteiger partial charge in [-0.25, -0.2) is 4.57 Å². The lowest BCUT2D eigenvalue weighted by Crippen LogP contribution is -2.34. The number of phosphoric ester groups is 1. The minimum absolute atomic E-state index is 0.0967. The van der Waals surface area contributed by atoms with Gasteiger partial charge in [0.15, 0.2) is 11.9 Å². The van der Waals surface area contributed by atoms with Crippen molar-refractivity contribution in [3.8, 4) is 0 Å². The van der Waals surface area contributed by atoms with Crippen LogP contribution in [0.3, 0.4) is 0 Å². The maximum Gasteiger partial charge on any atom is 0.472 e. The molecular formula is C42H68NO11P. The maximum atomic E-state index is 12.6. The van der Waals surface area contributed by atoms with Gasteiger partial charge in [-0.1, -0.05) is 113 Å². The highest BCUT2D eigenvalue weighted by molar-refractivity contribution is 7.47. The van der Waals surface area contributed by atoms with Crippen molar-refractivity contribution < 1.29 is 52.3 Å². The van der Waals surface area contributed by atoms with Gasteiger partial charge in [-0.15, -0.1) is 0 Å². The monoisotopic (exact) mass is 793 g/mol. The minimum Gasteiger partial charge on any atom is -0.480 e. The molecule has 0 rings (SSSR count). The zero-order valence-corrected chi connectivity index (χ0v) is 34.1. The van der Waals surface area contributed by atoms with Crippen LogP contribution in [0.2, 0.25) is 0 Å². The lowest BCUT2D eigenvalue weighted by molar-refractivity contribution is -0.161. The van der Waals surface area contributed by atoms with Crippen molar-refractivity contribution in [3.63, 3.8) is 0 Å². The molecule has 0 heterocycles. The Morgan fingerprint density at radius 3 is 1.85 bits per heavy atom. The summed E-state index contributed by atoms with van der Waals surface area (Å²) in [6.45, 7) is 2.42. The third-order valence-corrected chi connectivity index (χ3v) is 8.87. The van der Waals surface area contributed by atoms with Crippen molar-refractivity contribution in [1.29, 1.82) is 0 Å². The van der Waals surface area contributed by atoms with Crippen LogP contribution in [0, 0.1) is 0 Å². The summed E-state index contributed by atoms with van der Waals surface area (Å²) in [7, 11) is -4.75. The summed E-state index contributed by atoms with van der Waals surface area (Å²) in [6.07, 6.45) is 38.2. The number of ketones is 1. The van der Waals surface area contributed by atoms with Crippen LogP contribution < -0.4 is 5.73 Å². The van der Waals surface area contributed by atoms with E-state index in [-0.39, 0.29) is 18.6 Å². The molecule has 0 aromatic rings. The van der Waals surface area contributed by atoms with Gasteiger partial charge in [0, 0.05) is 19.3 Å². The average Bonchev–Trinajstić information content (AvgIpc) is 3.15. The Hall–Kier alpha value is -3.41. The Balaban J connectivity index is 4.57. The summed E-state index contributed by atoms with van der Waals surface area (Å²) < 4.78 is 32.5. The number of hydrogen-bond donors (Lipinski definition) is 3. The lowest BCUT2D eigenvalue weighted by Gasteiger charge is -2.20. The number of phosphoric acid groups is 1. The van der Waals surface area contributed by atoms with Crippen LogP contribution in [0.15, 0.2) is 72.9 Å². The quantitative estimate of drug-likeness (QED) is 0.0136. The molecule has 12 nitrogen and oxygen atoms in total. The fourth-order valence-corrected chi connectivity index (χ4v) is 5.52. The standard InChI is InChI=1S/C42H68NO11P/c1-3-5-7-8-9-10-11-12-13-14-15-18-21-24-28-32-40(45)51-34-38(35-52-55(49,50)53-36-39(43)42(47)48)54-41(46)33-29-25-22-19-16-17-20-23-27-31-37(44)30-26-6-4-2/h5,7,9-10,12-13,15,18,20,23,27,31,38-39H,3-4,6,8,11,14,16-17,19,21-22,24-26,28-30,32-36,43H2,1-2H3,(H,47,48)(H,49,50)/b7-5-,10-9-,13-12-,18-15-,23-20-,31-27+/t38-,39+/m1/s1. The first kappa shape index (κ1) is 51.6. The SMILES string of the molecule is CC/C=C\C/C=C\C/C=C\C/C=C\CCCCC(=O)OC[C@H](COP(=O)(O)OC[C@H](N)C(=O)O)OC(=O)CCCCCCC/C=C\C=C\C(=O)CCCCC. The normalized spacial score (nSPS) is 14.5. The second-order valence-electron chi connectivity index (χ2n) is 13.1. The van der Waals surface area contributed by atoms with Crippen LogP contribution in [0.4, 0.5) is 0 Å². The molecule has 13 heteroatoms. The van der Waals surface area contributed by atoms with Crippen molar-refractivity contribution in [2.24, 2.45) is 5.73 Å². The number of nitrogens with two attached hydrogens (primary N) is 1. The van der Waals surface area contributed by atoms with Gasteiger partial charge in [0.1, 0.15) is 12.6 Å². The summed E-state index contributed by atoms with van der Waals surface area (Å²) in [5.74, 6) is -2.37. The number of unbranched alkanes of at least 4 members (excludes halogenated alkanes) is 9. The molecule has 0 aliphatic rings. The van der Waals surface area contributed by atoms with Crippen LogP contribution >= 0.6 is 7.82 Å². The van der Waals surface area contributed by atoms with Crippen molar-refractivity contribution in [1.82, 2.24) is 0 Å². The molecule has 0 fully saturated rings. The van der Waals surface area contributed by atoms with Gasteiger partial charge in [0.05, 0.1) is 13.2 Å². The number of carbonyl (C=O) groups excluding carboxylic acids is 3. The van der Waals surface area contributed by atoms with Crippen molar-refractivity contribution >= 4 is 31.5 Å². The van der Waals surface area contributed by atoms with E-state index in [2.05, 4.69) is 67.0 Å². The molecule has 0 aliphatic heterocycles. The van der Waals surface area contributed by atoms with Gasteiger partial charge >= 0.3 is 25.7 Å². The molecule has 1 unspecified atom stereocenters. The Kier molecular flexibility index (Phi) is 34.0. The van der Waals surface area contributed by atoms with E-state index in [1.165, 1.54) is 0 Å². The molecule has 55 heavy (non-hydrogen) atoms. The van der Waals surface area contributed by atoms with E-state index < -0.39 is 57.7 Å². The lowest BCUT2D eigenvalue weighted by atomic mass is 10.1. The molecule has 0 saturated heterocycles. The van der Waals surface area contributed by atoms with Crippen molar-refractivity contribution in [2.45, 2.75) is 148 Å². The molecular weight excluding hydrogens is 725 g/mol. The molecule has 0 spiro atoms. The van der Waals surface area contributed by atoms with Crippen molar-refractivity contribution in [3.05, 3.63) is 72.9 Å². The van der Waals surface area contributed by atoms with E-state index in [4.69, 9.17) is 24.8 Å². The highest BCUT2D eigenvalue weighted by Crippen LogP contribution is 2.43. The van der Waals surface area contributed by atoms with Gasteiger partial charge in [-0.3, -0.25) is 28.2 Å². The first-order chi connectivity index (χ1) is 26.5. The van der Waals surface area contributed by atoms with Gasteiger partial charge in [0.25, 0.3) is 0 Å². The van der Waals surface area contributed by atoms with Crippen LogP contribution in [-0.4, -0.2) is 65.7 Å². The number of carboxylic acids is 1. The number of ether oxygens (including phenoxy) is 2. The topological polar surface area (TPSA) is 189 Å². The molecule has 0 aromatic carbocycles. The minimum atomic E-state index is -4.75. The summed E-state index contributed by atoms with van der Waals surface area (Å²) >= 11 is 0. The molecule has 312 valence electrons. The number of hydrogen-bond acceptors (Lipinski definition) is 10. The smallest absolute Gasteiger partial charge is 0.472 e. The molecule has 4 N–H and O–H groups in total. The second kappa shape index (κ2) is 36.2. The van der Waals surface area contributed by atoms with E-state index >= 15 is 0 Å². The summed E-state index contributed by atoms with van der Waals surface area (Å²) in [6, 6.07) is -1.54. The van der Waals surface area contributed by atoms with Gasteiger partial charge in [0.2, 0.25) is 0 Å². The van der Waals surface area contributed by atoms with Crippen LogP contribution in [0.1, 0.15) is 136 Å². The average molecular weight is 794 g/mol. The molecule has 0 saturated carbocycles. The Morgan fingerprint density at radius 1 is 0.636 bits per heavy atom. The third-order valence-electron chi connectivity index (χ3n) is 7.91. The first-order valence-corrected chi connectivity index (χ1v) is 21.4. The molecule has 0 radical (unpaired) electrons.